The third kappa shape index (κ3) is 14.7. The second-order valence-corrected chi connectivity index (χ2v) is 15.8. The van der Waals surface area contributed by atoms with E-state index >= 15 is 0 Å². The molecule has 1 amide bonds. The molecule has 0 saturated carbocycles. The number of nitrogens with zero attached hydrogens (tertiary/aromatic N) is 6. The van der Waals surface area contributed by atoms with Crippen LogP contribution in [0.3, 0.4) is 0 Å². The van der Waals surface area contributed by atoms with E-state index in [4.69, 9.17) is 4.74 Å². The van der Waals surface area contributed by atoms with Gasteiger partial charge in [-0.15, -0.1) is 15.3 Å². The van der Waals surface area contributed by atoms with E-state index in [0.29, 0.717) is 33.3 Å². The van der Waals surface area contributed by atoms with Crippen LogP contribution in [-0.2, 0) is 34.4 Å². The Morgan fingerprint density at radius 2 is 1.34 bits per heavy atom. The largest absolute Gasteiger partial charge is 1.00 e. The molecule has 0 spiro atoms. The summed E-state index contributed by atoms with van der Waals surface area (Å²) < 4.78 is 81.2. The van der Waals surface area contributed by atoms with Gasteiger partial charge >= 0.3 is 88.7 Å². The number of aromatic hydroxyl groups is 1. The zero-order valence-corrected chi connectivity index (χ0v) is 42.9. The van der Waals surface area contributed by atoms with E-state index in [1.807, 2.05) is 0 Å². The molecule has 0 bridgehead atoms. The van der Waals surface area contributed by atoms with Gasteiger partial charge in [-0.2, -0.15) is 19.7 Å². The molecular formula is C38H29N8Na3O12S3. The molecule has 0 atom stereocenters. The van der Waals surface area contributed by atoms with Crippen molar-refractivity contribution in [3.63, 3.8) is 0 Å². The van der Waals surface area contributed by atoms with Gasteiger partial charge in [0.15, 0.2) is 5.75 Å². The van der Waals surface area contributed by atoms with Gasteiger partial charge < -0.3 is 34.8 Å². The molecule has 3 N–H and O–H groups in total. The molecule has 0 aliphatic rings. The van der Waals surface area contributed by atoms with Gasteiger partial charge in [-0.3, -0.25) is 9.83 Å². The summed E-state index contributed by atoms with van der Waals surface area (Å²) in [5.74, 6) is -0.888. The second-order valence-electron chi connectivity index (χ2n) is 12.3. The van der Waals surface area contributed by atoms with Crippen molar-refractivity contribution in [1.82, 2.24) is 0 Å². The van der Waals surface area contributed by atoms with Crippen LogP contribution < -0.4 is 109 Å². The molecule has 0 heterocycles. The van der Waals surface area contributed by atoms with E-state index in [9.17, 15) is 41.1 Å². The molecular weight excluding hydrogens is 926 g/mol. The molecule has 64 heavy (non-hydrogen) atoms. The molecule has 0 unspecified atom stereocenters. The van der Waals surface area contributed by atoms with Gasteiger partial charge in [0.05, 0.1) is 51.7 Å². The smallest absolute Gasteiger partial charge is 0.744 e. The third-order valence-corrected chi connectivity index (χ3v) is 10.5. The molecule has 0 saturated heterocycles. The first-order chi connectivity index (χ1) is 29.1. The molecule has 6 aromatic rings. The SMILES string of the molecule is CCC(=O)Nc1cc(N=Nc2ccc(N=Nc3c(S(=O)(=O)[O-])cc4ccc(Nc5cccc(S(=O)(=O)[O-])c5)cc4c3O)c(OC)c2)ccc1N=Nc1ccc(SOO[O-])cc1.[Na+].[Na+].[Na+]. The molecule has 20 nitrogen and oxygen atoms in total. The maximum Gasteiger partial charge on any atom is 1.00 e. The summed E-state index contributed by atoms with van der Waals surface area (Å²) in [4.78, 5) is 11.6. The number of hydrogen-bond acceptors (Lipinski definition) is 20. The topological polar surface area (TPSA) is 301 Å². The average molecular weight is 955 g/mol. The van der Waals surface area contributed by atoms with E-state index in [1.165, 1.54) is 55.6 Å². The number of methoxy groups -OCH3 is 1. The van der Waals surface area contributed by atoms with Crippen LogP contribution in [-0.4, -0.2) is 44.1 Å². The van der Waals surface area contributed by atoms with Crippen molar-refractivity contribution >= 4 is 100 Å². The van der Waals surface area contributed by atoms with Crippen LogP contribution in [0.4, 0.5) is 51.2 Å². The van der Waals surface area contributed by atoms with Gasteiger partial charge in [0.1, 0.15) is 43.0 Å². The number of fused-ring (bicyclic) bond motifs is 1. The van der Waals surface area contributed by atoms with Gasteiger partial charge in [0.25, 0.3) is 0 Å². The quantitative estimate of drug-likeness (QED) is 0.0286. The molecule has 0 radical (unpaired) electrons. The number of anilines is 3. The number of carbonyl (C=O) groups is 1. The van der Waals surface area contributed by atoms with Crippen LogP contribution in [0.25, 0.3) is 10.8 Å². The number of nitrogens with one attached hydrogen (secondary N) is 2. The number of benzene rings is 6. The van der Waals surface area contributed by atoms with Crippen molar-refractivity contribution in [3.8, 4) is 11.5 Å². The summed E-state index contributed by atoms with van der Waals surface area (Å²) in [5.41, 5.74) is 1.63. The predicted molar refractivity (Wildman–Crippen MR) is 217 cm³/mol. The minimum atomic E-state index is -5.19. The normalized spacial score (nSPS) is 11.6. The maximum atomic E-state index is 12.3. The van der Waals surface area contributed by atoms with E-state index in [0.717, 1.165) is 30.2 Å². The molecule has 0 aliphatic heterocycles. The number of azo groups is 3. The van der Waals surface area contributed by atoms with E-state index in [2.05, 4.69) is 50.7 Å². The Hall–Kier alpha value is -3.70. The molecule has 6 rings (SSSR count). The summed E-state index contributed by atoms with van der Waals surface area (Å²) in [7, 11) is -8.60. The van der Waals surface area contributed by atoms with Crippen LogP contribution in [0.2, 0.25) is 0 Å². The molecule has 314 valence electrons. The van der Waals surface area contributed by atoms with Crippen LogP contribution >= 0.6 is 12.0 Å². The van der Waals surface area contributed by atoms with Crippen molar-refractivity contribution in [2.75, 3.05) is 17.7 Å². The number of amides is 1. The predicted octanol–water partition coefficient (Wildman–Crippen LogP) is -0.0569. The van der Waals surface area contributed by atoms with Gasteiger partial charge in [0, 0.05) is 34.1 Å². The Balaban J connectivity index is 0.00000363. The van der Waals surface area contributed by atoms with Gasteiger partial charge in [-0.25, -0.2) is 16.8 Å². The Bertz CT molecular complexity index is 2950. The van der Waals surface area contributed by atoms with E-state index in [-0.39, 0.29) is 135 Å². The van der Waals surface area contributed by atoms with Crippen molar-refractivity contribution in [2.45, 2.75) is 28.0 Å². The fraction of sp³-hybridized carbons (Fsp3) is 0.0789. The number of phenolic OH excluding ortho intramolecular Hbond substituents is 1. The maximum absolute atomic E-state index is 12.3. The number of rotatable bonds is 16. The summed E-state index contributed by atoms with van der Waals surface area (Å²) in [6, 6.07) is 26.0. The fourth-order valence-corrected chi connectivity index (χ4v) is 6.89. The fourth-order valence-electron chi connectivity index (χ4n) is 5.38. The molecule has 26 heteroatoms. The average Bonchev–Trinajstić information content (AvgIpc) is 3.24. The number of carbonyl (C=O) groups excluding carboxylic acids is 1. The van der Waals surface area contributed by atoms with Crippen LogP contribution in [0.1, 0.15) is 13.3 Å². The monoisotopic (exact) mass is 954 g/mol. The van der Waals surface area contributed by atoms with Crippen molar-refractivity contribution in [3.05, 3.63) is 109 Å². The Labute approximate surface area is 436 Å². The zero-order chi connectivity index (χ0) is 43.7. The molecule has 0 fully saturated rings. The first kappa shape index (κ1) is 54.6. The van der Waals surface area contributed by atoms with E-state index in [1.54, 1.807) is 49.4 Å². The number of hydrogen-bond donors (Lipinski definition) is 3. The van der Waals surface area contributed by atoms with Gasteiger partial charge in [-0.05, 0) is 96.4 Å². The van der Waals surface area contributed by atoms with Crippen LogP contribution in [0, 0.1) is 0 Å². The van der Waals surface area contributed by atoms with Crippen LogP contribution in [0.5, 0.6) is 11.5 Å². The Morgan fingerprint density at radius 3 is 1.98 bits per heavy atom. The van der Waals surface area contributed by atoms with Gasteiger partial charge in [-0.1, -0.05) is 19.1 Å². The molecule has 0 aromatic heterocycles. The van der Waals surface area contributed by atoms with Crippen LogP contribution in [0.15, 0.2) is 155 Å². The first-order valence-corrected chi connectivity index (χ1v) is 20.9. The Morgan fingerprint density at radius 1 is 0.719 bits per heavy atom. The van der Waals surface area contributed by atoms with Crippen molar-refractivity contribution < 1.29 is 144 Å². The minimum Gasteiger partial charge on any atom is -0.744 e. The Kier molecular flexibility index (Phi) is 21.1. The summed E-state index contributed by atoms with van der Waals surface area (Å²) >= 11 is 0.723. The molecule has 6 aromatic carbocycles. The van der Waals surface area contributed by atoms with Gasteiger partial charge in [0.2, 0.25) is 5.91 Å². The third-order valence-electron chi connectivity index (χ3n) is 8.28. The standard InChI is InChI=1S/C38H32N8O12S3.3Na/c1-3-36(47)40-33-20-26(11-15-31(33)44-41-23-9-13-28(14-10-23)59-58-57-49)42-43-27-12-16-32(34(21-27)56-2)45-46-37-35(61(53,54)55)17-22-7-8-25(19-30(22)38(37)48)39-24-5-4-6-29(18-24)60(50,51)52;;;/h4-21,39,48-49H,3H2,1-2H3,(H,40,47)(H,50,51,52)(H,53,54,55);;;/q;3*+1/p-3. The summed E-state index contributed by atoms with van der Waals surface area (Å²) in [6.45, 7) is 1.68. The summed E-state index contributed by atoms with van der Waals surface area (Å²) in [6.07, 6.45) is 0.185. The minimum absolute atomic E-state index is 0. The molecule has 0 aliphatic carbocycles. The summed E-state index contributed by atoms with van der Waals surface area (Å²) in [5, 5.41) is 55.5. The van der Waals surface area contributed by atoms with E-state index < -0.39 is 41.5 Å². The second kappa shape index (κ2) is 24.7. The van der Waals surface area contributed by atoms with Crippen molar-refractivity contribution in [1.29, 1.82) is 0 Å². The number of ether oxygens (including phenoxy) is 1. The zero-order valence-electron chi connectivity index (χ0n) is 34.4. The number of phenols is 1. The van der Waals surface area contributed by atoms with Crippen molar-refractivity contribution in [2.24, 2.45) is 30.7 Å². The first-order valence-electron chi connectivity index (χ1n) is 17.3.